The molecule has 1 N–H and O–H groups in total. The topological polar surface area (TPSA) is 20.2 Å². The maximum absolute atomic E-state index is 9.59. The molecule has 14 heavy (non-hydrogen) atoms. The smallest absolute Gasteiger partial charge is 0.140 e. The first kappa shape index (κ1) is 8.80. The van der Waals surface area contributed by atoms with Crippen LogP contribution in [-0.2, 0) is 0 Å². The second kappa shape index (κ2) is 3.53. The number of terminal acetylenes is 1. The van der Waals surface area contributed by atoms with Crippen molar-refractivity contribution in [1.29, 1.82) is 0 Å². The molecule has 0 amide bonds. The van der Waals surface area contributed by atoms with E-state index in [1.54, 1.807) is 0 Å². The highest BCUT2D eigenvalue weighted by Crippen LogP contribution is 2.23. The van der Waals surface area contributed by atoms with Crippen LogP contribution in [-0.4, -0.2) is 5.11 Å². The highest BCUT2D eigenvalue weighted by molar-refractivity contribution is 5.86. The van der Waals surface area contributed by atoms with Gasteiger partial charge in [-0.25, -0.2) is 0 Å². The number of aliphatic hydroxyl groups excluding tert-OH is 1. The van der Waals surface area contributed by atoms with Gasteiger partial charge in [-0.1, -0.05) is 48.4 Å². The molecular formula is C13H10O. The van der Waals surface area contributed by atoms with Crippen molar-refractivity contribution in [2.45, 2.75) is 6.10 Å². The number of hydrogen-bond acceptors (Lipinski definition) is 1. The molecule has 0 fully saturated rings. The summed E-state index contributed by atoms with van der Waals surface area (Å²) in [6.07, 6.45) is 4.38. The van der Waals surface area contributed by atoms with Gasteiger partial charge in [0.2, 0.25) is 0 Å². The van der Waals surface area contributed by atoms with Gasteiger partial charge in [0.25, 0.3) is 0 Å². The lowest BCUT2D eigenvalue weighted by atomic mass is 10.0. The van der Waals surface area contributed by atoms with Gasteiger partial charge < -0.3 is 5.11 Å². The van der Waals surface area contributed by atoms with E-state index >= 15 is 0 Å². The van der Waals surface area contributed by atoms with Crippen molar-refractivity contribution in [3.05, 3.63) is 48.0 Å². The van der Waals surface area contributed by atoms with Gasteiger partial charge in [0, 0.05) is 5.56 Å². The zero-order valence-electron chi connectivity index (χ0n) is 7.64. The molecule has 0 aliphatic rings. The van der Waals surface area contributed by atoms with Crippen molar-refractivity contribution in [3.63, 3.8) is 0 Å². The lowest BCUT2D eigenvalue weighted by Gasteiger charge is -2.07. The summed E-state index contributed by atoms with van der Waals surface area (Å²) in [6.45, 7) is 0. The summed E-state index contributed by atoms with van der Waals surface area (Å²) < 4.78 is 0. The Bertz CT molecular complexity index is 489. The van der Waals surface area contributed by atoms with Gasteiger partial charge in [-0.3, -0.25) is 0 Å². The Morgan fingerprint density at radius 1 is 1.07 bits per heavy atom. The predicted molar refractivity (Wildman–Crippen MR) is 57.7 cm³/mol. The van der Waals surface area contributed by atoms with Crippen molar-refractivity contribution in [3.8, 4) is 12.3 Å². The molecule has 0 bridgehead atoms. The molecule has 2 aromatic rings. The standard InChI is InChI=1S/C13H10O/c1-2-13(14)12-9-5-7-10-6-3-4-8-11(10)12/h1,3-9,13-14H. The molecule has 68 valence electrons. The molecule has 0 radical (unpaired) electrons. The van der Waals surface area contributed by atoms with E-state index in [0.717, 1.165) is 16.3 Å². The van der Waals surface area contributed by atoms with Crippen LogP contribution in [0.2, 0.25) is 0 Å². The minimum atomic E-state index is -0.818. The van der Waals surface area contributed by atoms with Crippen molar-refractivity contribution >= 4 is 10.8 Å². The van der Waals surface area contributed by atoms with Gasteiger partial charge in [0.1, 0.15) is 6.10 Å². The fraction of sp³-hybridized carbons (Fsp3) is 0.0769. The highest BCUT2D eigenvalue weighted by atomic mass is 16.3. The molecule has 0 heterocycles. The number of aliphatic hydroxyl groups is 1. The van der Waals surface area contributed by atoms with Crippen LogP contribution in [0.15, 0.2) is 42.5 Å². The van der Waals surface area contributed by atoms with Crippen LogP contribution in [0.3, 0.4) is 0 Å². The second-order valence-corrected chi connectivity index (χ2v) is 3.14. The Morgan fingerprint density at radius 3 is 2.57 bits per heavy atom. The Kier molecular flexibility index (Phi) is 2.22. The Labute approximate surface area is 83.0 Å². The van der Waals surface area contributed by atoms with E-state index in [1.807, 2.05) is 42.5 Å². The summed E-state index contributed by atoms with van der Waals surface area (Å²) >= 11 is 0. The monoisotopic (exact) mass is 182 g/mol. The highest BCUT2D eigenvalue weighted by Gasteiger charge is 2.06. The normalized spacial score (nSPS) is 12.3. The number of hydrogen-bond donors (Lipinski definition) is 1. The summed E-state index contributed by atoms with van der Waals surface area (Å²) in [5, 5.41) is 11.7. The maximum Gasteiger partial charge on any atom is 0.140 e. The van der Waals surface area contributed by atoms with Crippen molar-refractivity contribution in [2.75, 3.05) is 0 Å². The van der Waals surface area contributed by atoms with E-state index in [0.29, 0.717) is 0 Å². The molecule has 1 nitrogen and oxygen atoms in total. The first-order valence-electron chi connectivity index (χ1n) is 4.45. The van der Waals surface area contributed by atoms with Crippen LogP contribution >= 0.6 is 0 Å². The third-order valence-corrected chi connectivity index (χ3v) is 2.28. The molecule has 2 aromatic carbocycles. The van der Waals surface area contributed by atoms with Gasteiger partial charge >= 0.3 is 0 Å². The SMILES string of the molecule is C#CC(O)c1cccc2ccccc12. The Hall–Kier alpha value is -1.78. The number of rotatable bonds is 1. The average molecular weight is 182 g/mol. The summed E-state index contributed by atoms with van der Waals surface area (Å²) in [6, 6.07) is 13.6. The molecular weight excluding hydrogens is 172 g/mol. The van der Waals surface area contributed by atoms with Crippen LogP contribution in [0.5, 0.6) is 0 Å². The molecule has 0 saturated heterocycles. The maximum atomic E-state index is 9.59. The zero-order valence-corrected chi connectivity index (χ0v) is 7.64. The van der Waals surface area contributed by atoms with E-state index in [4.69, 9.17) is 6.42 Å². The van der Waals surface area contributed by atoms with E-state index < -0.39 is 6.10 Å². The summed E-state index contributed by atoms with van der Waals surface area (Å²) in [5.74, 6) is 2.33. The molecule has 0 spiro atoms. The van der Waals surface area contributed by atoms with Crippen molar-refractivity contribution in [2.24, 2.45) is 0 Å². The largest absolute Gasteiger partial charge is 0.376 e. The van der Waals surface area contributed by atoms with E-state index in [-0.39, 0.29) is 0 Å². The van der Waals surface area contributed by atoms with Crippen LogP contribution in [0.25, 0.3) is 10.8 Å². The summed E-state index contributed by atoms with van der Waals surface area (Å²) in [4.78, 5) is 0. The number of fused-ring (bicyclic) bond motifs is 1. The molecule has 0 aliphatic heterocycles. The zero-order chi connectivity index (χ0) is 9.97. The van der Waals surface area contributed by atoms with E-state index in [2.05, 4.69) is 5.92 Å². The average Bonchev–Trinajstić information content (AvgIpc) is 2.27. The van der Waals surface area contributed by atoms with Crippen molar-refractivity contribution in [1.82, 2.24) is 0 Å². The lowest BCUT2D eigenvalue weighted by Crippen LogP contribution is -1.93. The summed E-state index contributed by atoms with van der Waals surface area (Å²) in [7, 11) is 0. The van der Waals surface area contributed by atoms with Crippen LogP contribution < -0.4 is 0 Å². The molecule has 1 unspecified atom stereocenters. The summed E-state index contributed by atoms with van der Waals surface area (Å²) in [5.41, 5.74) is 0.797. The minimum absolute atomic E-state index is 0.797. The van der Waals surface area contributed by atoms with E-state index in [9.17, 15) is 5.11 Å². The molecule has 0 aliphatic carbocycles. The molecule has 1 heteroatoms. The van der Waals surface area contributed by atoms with Gasteiger partial charge in [0.05, 0.1) is 0 Å². The van der Waals surface area contributed by atoms with Gasteiger partial charge in [-0.2, -0.15) is 0 Å². The molecule has 0 aromatic heterocycles. The third-order valence-electron chi connectivity index (χ3n) is 2.28. The Morgan fingerprint density at radius 2 is 1.79 bits per heavy atom. The van der Waals surface area contributed by atoms with Gasteiger partial charge in [-0.05, 0) is 10.8 Å². The molecule has 2 rings (SSSR count). The molecule has 0 saturated carbocycles. The third kappa shape index (κ3) is 1.37. The van der Waals surface area contributed by atoms with Crippen LogP contribution in [0, 0.1) is 12.3 Å². The van der Waals surface area contributed by atoms with E-state index in [1.165, 1.54) is 0 Å². The number of benzene rings is 2. The van der Waals surface area contributed by atoms with Crippen molar-refractivity contribution < 1.29 is 5.11 Å². The molecule has 1 atom stereocenters. The predicted octanol–water partition coefficient (Wildman–Crippen LogP) is 2.51. The second-order valence-electron chi connectivity index (χ2n) is 3.14. The first-order valence-corrected chi connectivity index (χ1v) is 4.45. The lowest BCUT2D eigenvalue weighted by molar-refractivity contribution is 0.240. The van der Waals surface area contributed by atoms with Crippen LogP contribution in [0.1, 0.15) is 11.7 Å². The first-order chi connectivity index (χ1) is 6.83. The fourth-order valence-corrected chi connectivity index (χ4v) is 1.58. The van der Waals surface area contributed by atoms with Gasteiger partial charge in [-0.15, -0.1) is 6.42 Å². The Balaban J connectivity index is 2.72. The quantitative estimate of drug-likeness (QED) is 0.672. The fourth-order valence-electron chi connectivity index (χ4n) is 1.58. The van der Waals surface area contributed by atoms with Gasteiger partial charge in [0.15, 0.2) is 0 Å². The minimum Gasteiger partial charge on any atom is -0.376 e. The van der Waals surface area contributed by atoms with Crippen LogP contribution in [0.4, 0.5) is 0 Å².